The molecule has 0 saturated heterocycles. The van der Waals surface area contributed by atoms with Crippen molar-refractivity contribution in [1.82, 2.24) is 0 Å². The van der Waals surface area contributed by atoms with Crippen LogP contribution in [0.15, 0.2) is 35.2 Å². The van der Waals surface area contributed by atoms with Crippen LogP contribution in [-0.4, -0.2) is 11.6 Å². The van der Waals surface area contributed by atoms with E-state index in [1.54, 1.807) is 24.3 Å². The molecular formula is C10H6O2S. The number of thiol groups is 1. The molecule has 0 aromatic heterocycles. The number of hydrogen-bond donors (Lipinski definition) is 1. The summed E-state index contributed by atoms with van der Waals surface area (Å²) in [6.07, 6.45) is 1.26. The van der Waals surface area contributed by atoms with Gasteiger partial charge in [0.1, 0.15) is 0 Å². The molecule has 0 fully saturated rings. The average Bonchev–Trinajstić information content (AvgIpc) is 2.15. The lowest BCUT2D eigenvalue weighted by atomic mass is 9.95. The molecule has 1 aliphatic rings. The molecule has 0 spiro atoms. The molecule has 0 aliphatic heterocycles. The predicted octanol–water partition coefficient (Wildman–Crippen LogP) is 1.88. The van der Waals surface area contributed by atoms with Gasteiger partial charge in [0, 0.05) is 17.2 Å². The normalized spacial score (nSPS) is 15.3. The van der Waals surface area contributed by atoms with Gasteiger partial charge in [-0.15, -0.1) is 12.6 Å². The molecule has 13 heavy (non-hydrogen) atoms. The number of ketones is 2. The van der Waals surface area contributed by atoms with Gasteiger partial charge in [0.05, 0.1) is 4.91 Å². The molecule has 3 heteroatoms. The smallest absolute Gasteiger partial charge is 0.199 e. The summed E-state index contributed by atoms with van der Waals surface area (Å²) in [5.41, 5.74) is 0.908. The number of benzene rings is 1. The van der Waals surface area contributed by atoms with E-state index >= 15 is 0 Å². The zero-order chi connectivity index (χ0) is 9.42. The minimum atomic E-state index is -0.182. The average molecular weight is 190 g/mol. The second kappa shape index (κ2) is 2.85. The van der Waals surface area contributed by atoms with Gasteiger partial charge in [0.25, 0.3) is 0 Å². The summed E-state index contributed by atoms with van der Waals surface area (Å²) in [6, 6.07) is 6.75. The number of fused-ring (bicyclic) bond motifs is 1. The van der Waals surface area contributed by atoms with Gasteiger partial charge in [-0.25, -0.2) is 0 Å². The van der Waals surface area contributed by atoms with Gasteiger partial charge in [-0.3, -0.25) is 9.59 Å². The Morgan fingerprint density at radius 1 is 1.00 bits per heavy atom. The zero-order valence-corrected chi connectivity index (χ0v) is 7.54. The van der Waals surface area contributed by atoms with Crippen LogP contribution in [0.2, 0.25) is 0 Å². The van der Waals surface area contributed by atoms with E-state index in [0.717, 1.165) is 0 Å². The first-order valence-corrected chi connectivity index (χ1v) is 4.23. The maximum atomic E-state index is 11.5. The molecule has 0 heterocycles. The SMILES string of the molecule is O=C1C=C(S)C(=O)c2ccccc21. The van der Waals surface area contributed by atoms with Crippen LogP contribution in [0, 0.1) is 0 Å². The fourth-order valence-corrected chi connectivity index (χ4v) is 1.54. The van der Waals surface area contributed by atoms with E-state index in [-0.39, 0.29) is 16.5 Å². The fraction of sp³-hybridized carbons (Fsp3) is 0. The first kappa shape index (κ1) is 8.26. The lowest BCUT2D eigenvalue weighted by molar-refractivity contribution is 0.0991. The van der Waals surface area contributed by atoms with Gasteiger partial charge in [0.15, 0.2) is 11.6 Å². The van der Waals surface area contributed by atoms with Crippen LogP contribution in [0.25, 0.3) is 0 Å². The monoisotopic (exact) mass is 190 g/mol. The van der Waals surface area contributed by atoms with Gasteiger partial charge in [0.2, 0.25) is 0 Å². The number of carbonyl (C=O) groups excluding carboxylic acids is 2. The summed E-state index contributed by atoms with van der Waals surface area (Å²) in [5, 5.41) is 0. The van der Waals surface area contributed by atoms with E-state index in [4.69, 9.17) is 0 Å². The van der Waals surface area contributed by atoms with Crippen LogP contribution < -0.4 is 0 Å². The topological polar surface area (TPSA) is 34.1 Å². The fourth-order valence-electron chi connectivity index (χ4n) is 1.30. The summed E-state index contributed by atoms with van der Waals surface area (Å²) in [4.78, 5) is 23.0. The van der Waals surface area contributed by atoms with Crippen LogP contribution in [-0.2, 0) is 0 Å². The Morgan fingerprint density at radius 3 is 2.31 bits per heavy atom. The van der Waals surface area contributed by atoms with Crippen LogP contribution in [0.1, 0.15) is 20.7 Å². The second-order valence-corrected chi connectivity index (χ2v) is 3.25. The molecule has 0 unspecified atom stereocenters. The molecule has 1 aromatic rings. The first-order chi connectivity index (χ1) is 6.20. The summed E-state index contributed by atoms with van der Waals surface area (Å²) < 4.78 is 0. The highest BCUT2D eigenvalue weighted by atomic mass is 32.1. The molecule has 0 N–H and O–H groups in total. The van der Waals surface area contributed by atoms with Gasteiger partial charge in [-0.05, 0) is 0 Å². The maximum absolute atomic E-state index is 11.5. The lowest BCUT2D eigenvalue weighted by Crippen LogP contribution is -2.13. The van der Waals surface area contributed by atoms with Gasteiger partial charge < -0.3 is 0 Å². The van der Waals surface area contributed by atoms with E-state index in [0.29, 0.717) is 11.1 Å². The molecule has 0 atom stereocenters. The Morgan fingerprint density at radius 2 is 1.62 bits per heavy atom. The van der Waals surface area contributed by atoms with Crippen molar-refractivity contribution in [3.8, 4) is 0 Å². The molecule has 0 radical (unpaired) electrons. The van der Waals surface area contributed by atoms with Crippen molar-refractivity contribution in [2.45, 2.75) is 0 Å². The van der Waals surface area contributed by atoms with Crippen molar-refractivity contribution in [1.29, 1.82) is 0 Å². The Labute approximate surface area is 80.7 Å². The van der Waals surface area contributed by atoms with Crippen molar-refractivity contribution < 1.29 is 9.59 Å². The molecule has 0 amide bonds. The molecular weight excluding hydrogens is 184 g/mol. The third-order valence-corrected chi connectivity index (χ3v) is 2.27. The van der Waals surface area contributed by atoms with Crippen LogP contribution >= 0.6 is 12.6 Å². The minimum absolute atomic E-state index is 0.153. The van der Waals surface area contributed by atoms with E-state index in [1.807, 2.05) is 0 Å². The molecule has 64 valence electrons. The highest BCUT2D eigenvalue weighted by molar-refractivity contribution is 7.85. The molecule has 0 saturated carbocycles. The number of rotatable bonds is 0. The largest absolute Gasteiger partial charge is 0.289 e. The molecule has 1 aliphatic carbocycles. The number of allylic oxidation sites excluding steroid dienone is 2. The lowest BCUT2D eigenvalue weighted by Gasteiger charge is -2.10. The summed E-state index contributed by atoms with van der Waals surface area (Å²) in [6.45, 7) is 0. The van der Waals surface area contributed by atoms with E-state index in [1.165, 1.54) is 6.08 Å². The Hall–Kier alpha value is -1.35. The van der Waals surface area contributed by atoms with Gasteiger partial charge >= 0.3 is 0 Å². The summed E-state index contributed by atoms with van der Waals surface area (Å²) in [7, 11) is 0. The van der Waals surface area contributed by atoms with Crippen LogP contribution in [0.5, 0.6) is 0 Å². The maximum Gasteiger partial charge on any atom is 0.199 e. The van der Waals surface area contributed by atoms with Crippen LogP contribution in [0.3, 0.4) is 0 Å². The number of Topliss-reactive ketones (excluding diaryl/α,β-unsaturated/α-hetero) is 1. The summed E-state index contributed by atoms with van der Waals surface area (Å²) in [5.74, 6) is -0.335. The van der Waals surface area contributed by atoms with E-state index in [9.17, 15) is 9.59 Å². The number of hydrogen-bond acceptors (Lipinski definition) is 3. The van der Waals surface area contributed by atoms with E-state index < -0.39 is 0 Å². The molecule has 1 aromatic carbocycles. The predicted molar refractivity (Wildman–Crippen MR) is 52.2 cm³/mol. The summed E-state index contributed by atoms with van der Waals surface area (Å²) >= 11 is 3.93. The molecule has 2 rings (SSSR count). The van der Waals surface area contributed by atoms with Crippen molar-refractivity contribution in [3.05, 3.63) is 46.4 Å². The van der Waals surface area contributed by atoms with Crippen LogP contribution in [0.4, 0.5) is 0 Å². The van der Waals surface area contributed by atoms with E-state index in [2.05, 4.69) is 12.6 Å². The standard InChI is InChI=1S/C10H6O2S/c11-8-5-9(13)10(12)7-4-2-1-3-6(7)8/h1-5,13H. The highest BCUT2D eigenvalue weighted by Crippen LogP contribution is 2.22. The van der Waals surface area contributed by atoms with Crippen molar-refractivity contribution in [3.63, 3.8) is 0 Å². The van der Waals surface area contributed by atoms with Gasteiger partial charge in [-0.2, -0.15) is 0 Å². The quantitative estimate of drug-likeness (QED) is 0.634. The zero-order valence-electron chi connectivity index (χ0n) is 6.65. The Bertz CT molecular complexity index is 432. The second-order valence-electron chi connectivity index (χ2n) is 2.77. The Balaban J connectivity index is 2.69. The molecule has 2 nitrogen and oxygen atoms in total. The van der Waals surface area contributed by atoms with Gasteiger partial charge in [-0.1, -0.05) is 24.3 Å². The van der Waals surface area contributed by atoms with Crippen molar-refractivity contribution in [2.75, 3.05) is 0 Å². The third kappa shape index (κ3) is 1.21. The number of carbonyl (C=O) groups is 2. The molecule has 0 bridgehead atoms. The van der Waals surface area contributed by atoms with Crippen molar-refractivity contribution >= 4 is 24.2 Å². The minimum Gasteiger partial charge on any atom is -0.289 e. The highest BCUT2D eigenvalue weighted by Gasteiger charge is 2.22. The Kier molecular flexibility index (Phi) is 1.81. The van der Waals surface area contributed by atoms with Crippen molar-refractivity contribution in [2.24, 2.45) is 0 Å². The first-order valence-electron chi connectivity index (χ1n) is 3.79. The third-order valence-electron chi connectivity index (χ3n) is 1.94.